The fourth-order valence-electron chi connectivity index (χ4n) is 3.69. The van der Waals surface area contributed by atoms with Crippen LogP contribution in [-0.2, 0) is 17.8 Å². The fourth-order valence-corrected chi connectivity index (χ4v) is 3.69. The van der Waals surface area contributed by atoms with Crippen LogP contribution in [0, 0.1) is 5.92 Å². The normalized spacial score (nSPS) is 20.1. The van der Waals surface area contributed by atoms with E-state index in [9.17, 15) is 0 Å². The molecular weight excluding hydrogens is 330 g/mol. The lowest BCUT2D eigenvalue weighted by Crippen LogP contribution is -2.25. The first kappa shape index (κ1) is 17.1. The summed E-state index contributed by atoms with van der Waals surface area (Å²) in [4.78, 5) is 0. The lowest BCUT2D eigenvalue weighted by molar-refractivity contribution is 0.0829. The van der Waals surface area contributed by atoms with E-state index in [1.165, 1.54) is 5.69 Å². The molecule has 0 unspecified atom stereocenters. The van der Waals surface area contributed by atoms with Crippen LogP contribution in [0.5, 0.6) is 5.75 Å². The quantitative estimate of drug-likeness (QED) is 0.702. The molecule has 0 bridgehead atoms. The SMILES string of the molecule is CCn1nccc1[C@@H]1OCC[C@H]1CNCc1cc2cc(OC)ccc2o1. The van der Waals surface area contributed by atoms with Crippen molar-refractivity contribution in [3.8, 4) is 5.75 Å². The summed E-state index contributed by atoms with van der Waals surface area (Å²) in [5, 5.41) is 8.96. The molecular formula is C20H25N3O3. The van der Waals surface area contributed by atoms with Crippen molar-refractivity contribution < 1.29 is 13.9 Å². The summed E-state index contributed by atoms with van der Waals surface area (Å²) in [7, 11) is 1.67. The molecule has 3 aromatic rings. The second-order valence-electron chi connectivity index (χ2n) is 6.66. The second kappa shape index (κ2) is 7.51. The summed E-state index contributed by atoms with van der Waals surface area (Å²) in [5.41, 5.74) is 2.06. The Bertz CT molecular complexity index is 870. The minimum Gasteiger partial charge on any atom is -0.497 e. The van der Waals surface area contributed by atoms with E-state index in [2.05, 4.69) is 29.5 Å². The lowest BCUT2D eigenvalue weighted by Gasteiger charge is -2.19. The Balaban J connectivity index is 1.38. The van der Waals surface area contributed by atoms with E-state index in [-0.39, 0.29) is 6.10 Å². The van der Waals surface area contributed by atoms with Crippen LogP contribution < -0.4 is 10.1 Å². The summed E-state index contributed by atoms with van der Waals surface area (Å²) < 4.78 is 19.2. The number of nitrogens with one attached hydrogen (secondary N) is 1. The predicted octanol–water partition coefficient (Wildman–Crippen LogP) is 3.53. The van der Waals surface area contributed by atoms with E-state index >= 15 is 0 Å². The molecule has 3 heterocycles. The third-order valence-corrected chi connectivity index (χ3v) is 5.03. The molecule has 2 aromatic heterocycles. The highest BCUT2D eigenvalue weighted by atomic mass is 16.5. The molecule has 138 valence electrons. The van der Waals surface area contributed by atoms with Crippen LogP contribution in [0.3, 0.4) is 0 Å². The Morgan fingerprint density at radius 3 is 3.08 bits per heavy atom. The van der Waals surface area contributed by atoms with E-state index in [0.29, 0.717) is 12.5 Å². The van der Waals surface area contributed by atoms with Crippen LogP contribution >= 0.6 is 0 Å². The van der Waals surface area contributed by atoms with Gasteiger partial charge in [-0.2, -0.15) is 5.10 Å². The van der Waals surface area contributed by atoms with Gasteiger partial charge in [-0.15, -0.1) is 0 Å². The number of hydrogen-bond acceptors (Lipinski definition) is 5. The van der Waals surface area contributed by atoms with Crippen molar-refractivity contribution in [2.75, 3.05) is 20.3 Å². The van der Waals surface area contributed by atoms with Gasteiger partial charge in [0.15, 0.2) is 0 Å². The molecule has 0 aliphatic carbocycles. The summed E-state index contributed by atoms with van der Waals surface area (Å²) in [6.07, 6.45) is 3.03. The number of fused-ring (bicyclic) bond motifs is 1. The summed E-state index contributed by atoms with van der Waals surface area (Å²) in [6.45, 7) is 5.36. The average Bonchev–Trinajstić information content (AvgIpc) is 3.39. The van der Waals surface area contributed by atoms with Crippen molar-refractivity contribution in [3.05, 3.63) is 48.0 Å². The maximum absolute atomic E-state index is 5.99. The summed E-state index contributed by atoms with van der Waals surface area (Å²) in [5.74, 6) is 2.22. The molecule has 1 N–H and O–H groups in total. The molecule has 26 heavy (non-hydrogen) atoms. The highest BCUT2D eigenvalue weighted by molar-refractivity contribution is 5.79. The maximum Gasteiger partial charge on any atom is 0.134 e. The number of nitrogens with zero attached hydrogens (tertiary/aromatic N) is 2. The first-order valence-electron chi connectivity index (χ1n) is 9.19. The zero-order valence-corrected chi connectivity index (χ0v) is 15.3. The lowest BCUT2D eigenvalue weighted by atomic mass is 9.99. The predicted molar refractivity (Wildman–Crippen MR) is 99.2 cm³/mol. The molecule has 6 nitrogen and oxygen atoms in total. The molecule has 6 heteroatoms. The van der Waals surface area contributed by atoms with Crippen LogP contribution in [0.4, 0.5) is 0 Å². The Kier molecular flexibility index (Phi) is 4.95. The molecule has 0 radical (unpaired) electrons. The molecule has 1 aliphatic rings. The highest BCUT2D eigenvalue weighted by Gasteiger charge is 2.31. The molecule has 2 atom stereocenters. The van der Waals surface area contributed by atoms with Gasteiger partial charge < -0.3 is 19.2 Å². The van der Waals surface area contributed by atoms with Gasteiger partial charge in [0.25, 0.3) is 0 Å². The molecule has 1 fully saturated rings. The van der Waals surface area contributed by atoms with Gasteiger partial charge in [-0.25, -0.2) is 0 Å². The minimum atomic E-state index is 0.116. The van der Waals surface area contributed by atoms with Crippen molar-refractivity contribution in [1.29, 1.82) is 0 Å². The van der Waals surface area contributed by atoms with Crippen LogP contribution in [0.2, 0.25) is 0 Å². The van der Waals surface area contributed by atoms with E-state index < -0.39 is 0 Å². The number of ether oxygens (including phenoxy) is 2. The van der Waals surface area contributed by atoms with E-state index in [0.717, 1.165) is 48.6 Å². The molecule has 4 rings (SSSR count). The zero-order valence-electron chi connectivity index (χ0n) is 15.3. The first-order chi connectivity index (χ1) is 12.8. The van der Waals surface area contributed by atoms with Crippen molar-refractivity contribution in [1.82, 2.24) is 15.1 Å². The number of benzene rings is 1. The van der Waals surface area contributed by atoms with Gasteiger partial charge in [-0.1, -0.05) is 0 Å². The monoisotopic (exact) mass is 355 g/mol. The topological polar surface area (TPSA) is 61.5 Å². The molecule has 0 amide bonds. The van der Waals surface area contributed by atoms with Gasteiger partial charge in [-0.05, 0) is 43.7 Å². The van der Waals surface area contributed by atoms with E-state index in [1.54, 1.807) is 7.11 Å². The third-order valence-electron chi connectivity index (χ3n) is 5.03. The fraction of sp³-hybridized carbons (Fsp3) is 0.450. The number of furan rings is 1. The van der Waals surface area contributed by atoms with Crippen LogP contribution in [0.25, 0.3) is 11.0 Å². The van der Waals surface area contributed by atoms with Crippen molar-refractivity contribution >= 4 is 11.0 Å². The molecule has 0 saturated carbocycles. The van der Waals surface area contributed by atoms with Crippen molar-refractivity contribution in [2.45, 2.75) is 32.5 Å². The Labute approximate surface area is 153 Å². The highest BCUT2D eigenvalue weighted by Crippen LogP contribution is 2.34. The summed E-state index contributed by atoms with van der Waals surface area (Å²) >= 11 is 0. The molecule has 1 aliphatic heterocycles. The van der Waals surface area contributed by atoms with Gasteiger partial charge in [0.2, 0.25) is 0 Å². The van der Waals surface area contributed by atoms with Gasteiger partial charge >= 0.3 is 0 Å². The Morgan fingerprint density at radius 1 is 1.31 bits per heavy atom. The number of aromatic nitrogens is 2. The largest absolute Gasteiger partial charge is 0.497 e. The minimum absolute atomic E-state index is 0.116. The summed E-state index contributed by atoms with van der Waals surface area (Å²) in [6, 6.07) is 10.00. The third kappa shape index (κ3) is 3.34. The van der Waals surface area contributed by atoms with E-state index in [1.807, 2.05) is 29.1 Å². The van der Waals surface area contributed by atoms with Gasteiger partial charge in [-0.3, -0.25) is 4.68 Å². The van der Waals surface area contributed by atoms with Crippen LogP contribution in [-0.4, -0.2) is 30.0 Å². The Morgan fingerprint density at radius 2 is 2.23 bits per heavy atom. The van der Waals surface area contributed by atoms with Crippen LogP contribution in [0.15, 0.2) is 40.9 Å². The smallest absolute Gasteiger partial charge is 0.134 e. The van der Waals surface area contributed by atoms with Crippen LogP contribution in [0.1, 0.15) is 30.9 Å². The van der Waals surface area contributed by atoms with Crippen molar-refractivity contribution in [2.24, 2.45) is 5.92 Å². The number of methoxy groups -OCH3 is 1. The Hall–Kier alpha value is -2.31. The number of aryl methyl sites for hydroxylation is 1. The van der Waals surface area contributed by atoms with Gasteiger partial charge in [0.1, 0.15) is 23.2 Å². The van der Waals surface area contributed by atoms with Crippen molar-refractivity contribution in [3.63, 3.8) is 0 Å². The molecule has 1 aromatic carbocycles. The van der Waals surface area contributed by atoms with Gasteiger partial charge in [0, 0.05) is 37.2 Å². The zero-order chi connectivity index (χ0) is 17.9. The number of hydrogen-bond donors (Lipinski definition) is 1. The molecule has 1 saturated heterocycles. The van der Waals surface area contributed by atoms with E-state index in [4.69, 9.17) is 13.9 Å². The average molecular weight is 355 g/mol. The second-order valence-corrected chi connectivity index (χ2v) is 6.66. The standard InChI is InChI=1S/C20H25N3O3/c1-3-23-18(6-8-22-23)20-14(7-9-25-20)12-21-13-17-11-15-10-16(24-2)4-5-19(15)26-17/h4-6,8,10-11,14,20-21H,3,7,9,12-13H2,1-2H3/t14-,20+/m0/s1. The maximum atomic E-state index is 5.99. The number of rotatable bonds is 7. The van der Waals surface area contributed by atoms with Gasteiger partial charge in [0.05, 0.1) is 19.3 Å². The first-order valence-corrected chi connectivity index (χ1v) is 9.19. The molecule has 0 spiro atoms.